The number of aryl methyl sites for hydroxylation is 2. The van der Waals surface area contributed by atoms with Crippen molar-refractivity contribution in [2.45, 2.75) is 26.8 Å². The maximum atomic E-state index is 13.1. The maximum absolute atomic E-state index is 13.1. The van der Waals surface area contributed by atoms with E-state index in [0.717, 1.165) is 16.1 Å². The molecule has 0 aliphatic heterocycles. The largest absolute Gasteiger partial charge is 0.493 e. The number of benzene rings is 2. The highest BCUT2D eigenvalue weighted by molar-refractivity contribution is 7.92. The van der Waals surface area contributed by atoms with Crippen LogP contribution in [0.2, 0.25) is 0 Å². The fourth-order valence-corrected chi connectivity index (χ4v) is 4.46. The lowest BCUT2D eigenvalue weighted by Gasteiger charge is -2.30. The van der Waals surface area contributed by atoms with Gasteiger partial charge in [-0.25, -0.2) is 13.2 Å². The molecule has 32 heavy (non-hydrogen) atoms. The normalized spacial score (nSPS) is 12.0. The number of nitrogens with zero attached hydrogens (tertiary/aromatic N) is 1. The zero-order valence-corrected chi connectivity index (χ0v) is 20.0. The molecule has 0 heterocycles. The highest BCUT2D eigenvalue weighted by atomic mass is 32.2. The molecule has 9 nitrogen and oxygen atoms in total. The summed E-state index contributed by atoms with van der Waals surface area (Å²) in [6.45, 7) is 5.07. The van der Waals surface area contributed by atoms with Gasteiger partial charge in [0.1, 0.15) is 6.04 Å². The van der Waals surface area contributed by atoms with Crippen LogP contribution in [0.25, 0.3) is 0 Å². The highest BCUT2D eigenvalue weighted by Crippen LogP contribution is 2.34. The Bertz CT molecular complexity index is 1130. The molecule has 1 N–H and O–H groups in total. The zero-order chi connectivity index (χ0) is 24.2. The molecular formula is C22H28N2O7S. The van der Waals surface area contributed by atoms with Crippen LogP contribution in [-0.2, 0) is 19.6 Å². The van der Waals surface area contributed by atoms with Crippen LogP contribution < -0.4 is 19.1 Å². The van der Waals surface area contributed by atoms with E-state index in [1.165, 1.54) is 40.4 Å². The molecule has 0 unspecified atom stereocenters. The third kappa shape index (κ3) is 5.31. The van der Waals surface area contributed by atoms with Gasteiger partial charge in [0.05, 0.1) is 44.5 Å². The van der Waals surface area contributed by atoms with Crippen molar-refractivity contribution in [3.63, 3.8) is 0 Å². The van der Waals surface area contributed by atoms with Crippen LogP contribution in [0.15, 0.2) is 30.3 Å². The number of amides is 1. The van der Waals surface area contributed by atoms with E-state index in [9.17, 15) is 18.0 Å². The van der Waals surface area contributed by atoms with Crippen molar-refractivity contribution in [2.75, 3.05) is 37.2 Å². The van der Waals surface area contributed by atoms with Crippen LogP contribution in [0.5, 0.6) is 11.5 Å². The molecule has 2 aromatic rings. The van der Waals surface area contributed by atoms with Gasteiger partial charge in [-0.2, -0.15) is 0 Å². The topological polar surface area (TPSA) is 111 Å². The first-order valence-corrected chi connectivity index (χ1v) is 11.5. The van der Waals surface area contributed by atoms with Crippen molar-refractivity contribution in [1.82, 2.24) is 0 Å². The Labute approximate surface area is 188 Å². The molecule has 0 spiro atoms. The van der Waals surface area contributed by atoms with Crippen molar-refractivity contribution < 1.29 is 32.2 Å². The number of rotatable bonds is 8. The lowest BCUT2D eigenvalue weighted by atomic mass is 10.1. The average Bonchev–Trinajstić information content (AvgIpc) is 2.74. The van der Waals surface area contributed by atoms with Crippen molar-refractivity contribution >= 4 is 33.3 Å². The number of carbonyl (C=O) groups is 2. The summed E-state index contributed by atoms with van der Waals surface area (Å²) in [4.78, 5) is 25.4. The number of sulfonamides is 1. The second kappa shape index (κ2) is 9.90. The van der Waals surface area contributed by atoms with E-state index in [1.54, 1.807) is 19.1 Å². The molecule has 0 aliphatic rings. The van der Waals surface area contributed by atoms with Gasteiger partial charge >= 0.3 is 5.97 Å². The van der Waals surface area contributed by atoms with Gasteiger partial charge in [-0.3, -0.25) is 9.10 Å². The first-order chi connectivity index (χ1) is 14.9. The van der Waals surface area contributed by atoms with Crippen molar-refractivity contribution in [1.29, 1.82) is 0 Å². The van der Waals surface area contributed by atoms with E-state index in [-0.39, 0.29) is 22.7 Å². The second-order valence-corrected chi connectivity index (χ2v) is 9.12. The summed E-state index contributed by atoms with van der Waals surface area (Å²) in [5.74, 6) is -0.804. The first-order valence-electron chi connectivity index (χ1n) is 9.66. The molecule has 174 valence electrons. The van der Waals surface area contributed by atoms with Crippen LogP contribution in [0.3, 0.4) is 0 Å². The molecule has 2 rings (SSSR count). The van der Waals surface area contributed by atoms with Crippen LogP contribution in [0.1, 0.15) is 28.4 Å². The Kier molecular flexibility index (Phi) is 7.73. The molecule has 0 saturated heterocycles. The Morgan fingerprint density at radius 2 is 1.59 bits per heavy atom. The molecule has 1 atom stereocenters. The van der Waals surface area contributed by atoms with Gasteiger partial charge in [0.25, 0.3) is 0 Å². The van der Waals surface area contributed by atoms with E-state index in [2.05, 4.69) is 5.32 Å². The summed E-state index contributed by atoms with van der Waals surface area (Å²) in [5, 5.41) is 2.63. The number of carbonyl (C=O) groups excluding carboxylic acids is 2. The van der Waals surface area contributed by atoms with E-state index in [0.29, 0.717) is 11.3 Å². The highest BCUT2D eigenvalue weighted by Gasteiger charge is 2.31. The molecule has 2 aromatic carbocycles. The minimum Gasteiger partial charge on any atom is -0.493 e. The zero-order valence-electron chi connectivity index (χ0n) is 19.2. The van der Waals surface area contributed by atoms with Crippen LogP contribution >= 0.6 is 0 Å². The molecule has 0 radical (unpaired) electrons. The summed E-state index contributed by atoms with van der Waals surface area (Å²) in [6.07, 6.45) is 1.04. The molecule has 0 bridgehead atoms. The smallest absolute Gasteiger partial charge is 0.340 e. The Morgan fingerprint density at radius 1 is 1.00 bits per heavy atom. The predicted octanol–water partition coefficient (Wildman–Crippen LogP) is 2.90. The average molecular weight is 465 g/mol. The van der Waals surface area contributed by atoms with Gasteiger partial charge in [0.15, 0.2) is 11.5 Å². The van der Waals surface area contributed by atoms with Crippen molar-refractivity contribution in [2.24, 2.45) is 0 Å². The third-order valence-corrected chi connectivity index (χ3v) is 6.10. The minimum atomic E-state index is -3.81. The molecule has 0 fully saturated rings. The first kappa shape index (κ1) is 25.0. The summed E-state index contributed by atoms with van der Waals surface area (Å²) in [6, 6.07) is 7.02. The number of nitrogens with one attached hydrogen (secondary N) is 1. The van der Waals surface area contributed by atoms with Gasteiger partial charge in [-0.1, -0.05) is 12.1 Å². The predicted molar refractivity (Wildman–Crippen MR) is 122 cm³/mol. The lowest BCUT2D eigenvalue weighted by molar-refractivity contribution is -0.116. The number of methoxy groups -OCH3 is 3. The van der Waals surface area contributed by atoms with Crippen molar-refractivity contribution in [3.05, 3.63) is 47.0 Å². The summed E-state index contributed by atoms with van der Waals surface area (Å²) in [5.41, 5.74) is 2.07. The molecule has 0 aliphatic carbocycles. The molecular weight excluding hydrogens is 436 g/mol. The van der Waals surface area contributed by atoms with E-state index in [4.69, 9.17) is 14.2 Å². The maximum Gasteiger partial charge on any atom is 0.340 e. The van der Waals surface area contributed by atoms with Gasteiger partial charge in [-0.15, -0.1) is 0 Å². The van der Waals surface area contributed by atoms with Gasteiger partial charge in [0.2, 0.25) is 15.9 Å². The monoisotopic (exact) mass is 464 g/mol. The number of esters is 1. The number of hydrogen-bond donors (Lipinski definition) is 1. The Balaban J connectivity index is 2.52. The molecule has 10 heteroatoms. The third-order valence-electron chi connectivity index (χ3n) is 4.88. The number of anilines is 2. The lowest BCUT2D eigenvalue weighted by Crippen LogP contribution is -2.45. The number of ether oxygens (including phenoxy) is 3. The molecule has 0 saturated carbocycles. The number of hydrogen-bond acceptors (Lipinski definition) is 7. The SMILES string of the molecule is COC(=O)c1cc(OC)c(OC)cc1NC(=O)[C@H](C)N(c1cc(C)ccc1C)S(C)(=O)=O. The Morgan fingerprint density at radius 3 is 2.12 bits per heavy atom. The fourth-order valence-electron chi connectivity index (χ4n) is 3.24. The van der Waals surface area contributed by atoms with Gasteiger partial charge in [-0.05, 0) is 38.0 Å². The van der Waals surface area contributed by atoms with Crippen LogP contribution in [0.4, 0.5) is 11.4 Å². The second-order valence-electron chi connectivity index (χ2n) is 7.26. The molecule has 0 aromatic heterocycles. The van der Waals surface area contributed by atoms with E-state index < -0.39 is 27.9 Å². The van der Waals surface area contributed by atoms with Crippen molar-refractivity contribution in [3.8, 4) is 11.5 Å². The standard InChI is InChI=1S/C22H28N2O7S/c1-13-8-9-14(2)18(10-13)24(32(7,27)28)15(3)21(25)23-17-12-20(30-5)19(29-4)11-16(17)22(26)31-6/h8-12,15H,1-7H3,(H,23,25)/t15-/m0/s1. The van der Waals surface area contributed by atoms with Gasteiger partial charge < -0.3 is 19.5 Å². The summed E-state index contributed by atoms with van der Waals surface area (Å²) in [7, 11) is 0.218. The summed E-state index contributed by atoms with van der Waals surface area (Å²) >= 11 is 0. The fraction of sp³-hybridized carbons (Fsp3) is 0.364. The van der Waals surface area contributed by atoms with E-state index >= 15 is 0 Å². The van der Waals surface area contributed by atoms with Crippen LogP contribution in [0, 0.1) is 13.8 Å². The van der Waals surface area contributed by atoms with E-state index in [1.807, 2.05) is 13.0 Å². The van der Waals surface area contributed by atoms with Gasteiger partial charge in [0, 0.05) is 12.1 Å². The Hall–Kier alpha value is -3.27. The minimum absolute atomic E-state index is 0.0309. The molecule has 1 amide bonds. The van der Waals surface area contributed by atoms with Crippen LogP contribution in [-0.4, -0.2) is 53.9 Å². The quantitative estimate of drug-likeness (QED) is 0.598. The summed E-state index contributed by atoms with van der Waals surface area (Å²) < 4.78 is 41.6.